The summed E-state index contributed by atoms with van der Waals surface area (Å²) in [5, 5.41) is 6.27. The largest absolute Gasteiger partial charge is 0.493 e. The van der Waals surface area contributed by atoms with Gasteiger partial charge < -0.3 is 34.6 Å². The molecule has 0 unspecified atom stereocenters. The van der Waals surface area contributed by atoms with Crippen molar-refractivity contribution in [3.8, 4) is 23.1 Å². The Morgan fingerprint density at radius 1 is 0.957 bits per heavy atom. The van der Waals surface area contributed by atoms with Gasteiger partial charge in [-0.25, -0.2) is 4.98 Å². The van der Waals surface area contributed by atoms with Gasteiger partial charge in [-0.2, -0.15) is 4.98 Å². The number of amides is 1. The predicted octanol–water partition coefficient (Wildman–Crippen LogP) is 6.86. The molecule has 0 aliphatic carbocycles. The van der Waals surface area contributed by atoms with Crippen LogP contribution in [-0.4, -0.2) is 79.2 Å². The van der Waals surface area contributed by atoms with E-state index in [9.17, 15) is 4.79 Å². The molecule has 0 atom stereocenters. The fourth-order valence-corrected chi connectivity index (χ4v) is 5.54. The number of hydrogen-bond acceptors (Lipinski definition) is 9. The summed E-state index contributed by atoms with van der Waals surface area (Å²) in [6, 6.07) is 19.3. The Bertz CT molecular complexity index is 1630. The molecule has 5 rings (SSSR count). The van der Waals surface area contributed by atoms with E-state index in [0.717, 1.165) is 85.8 Å². The number of nitrogens with zero attached hydrogens (tertiary/aromatic N) is 4. The number of ether oxygens (including phenoxy) is 3. The van der Waals surface area contributed by atoms with E-state index in [-0.39, 0.29) is 23.3 Å². The molecule has 1 aromatic heterocycles. The highest BCUT2D eigenvalue weighted by Gasteiger charge is 2.21. The molecule has 0 saturated carbocycles. The molecule has 3 aromatic carbocycles. The van der Waals surface area contributed by atoms with E-state index in [1.807, 2.05) is 74.5 Å². The fraction of sp³-hybridized carbons (Fsp3) is 0.378. The SMILES string of the molecule is CCCc1ccc(Oc2nc(Nc3cccc(OCCCN4CCN(C)CC4)c3)ncc2C(=O)Nc2c(C)cccc2C)c(OC)c1. The van der Waals surface area contributed by atoms with Crippen LogP contribution in [0.1, 0.15) is 46.8 Å². The summed E-state index contributed by atoms with van der Waals surface area (Å²) in [4.78, 5) is 27.6. The second-order valence-corrected chi connectivity index (χ2v) is 12.0. The van der Waals surface area contributed by atoms with Gasteiger partial charge in [0.15, 0.2) is 11.5 Å². The van der Waals surface area contributed by atoms with Gasteiger partial charge in [0, 0.05) is 56.4 Å². The minimum absolute atomic E-state index is 0.101. The average molecular weight is 639 g/mol. The minimum Gasteiger partial charge on any atom is -0.493 e. The molecule has 0 radical (unpaired) electrons. The van der Waals surface area contributed by atoms with Crippen LogP contribution < -0.4 is 24.8 Å². The average Bonchev–Trinajstić information content (AvgIpc) is 3.07. The number of aromatic nitrogens is 2. The van der Waals surface area contributed by atoms with E-state index in [2.05, 4.69) is 44.4 Å². The Morgan fingerprint density at radius 3 is 2.47 bits per heavy atom. The minimum atomic E-state index is -0.377. The van der Waals surface area contributed by atoms with Gasteiger partial charge in [0.2, 0.25) is 11.8 Å². The summed E-state index contributed by atoms with van der Waals surface area (Å²) in [5.74, 6) is 1.76. The molecule has 248 valence electrons. The molecule has 2 heterocycles. The van der Waals surface area contributed by atoms with Crippen LogP contribution in [0.4, 0.5) is 17.3 Å². The van der Waals surface area contributed by atoms with Crippen molar-refractivity contribution in [2.75, 3.05) is 64.1 Å². The lowest BCUT2D eigenvalue weighted by atomic mass is 10.1. The monoisotopic (exact) mass is 638 g/mol. The third-order valence-electron chi connectivity index (χ3n) is 8.26. The van der Waals surface area contributed by atoms with Gasteiger partial charge in [0.25, 0.3) is 5.91 Å². The third-order valence-corrected chi connectivity index (χ3v) is 8.26. The molecular weight excluding hydrogens is 592 g/mol. The molecule has 1 aliphatic rings. The van der Waals surface area contributed by atoms with Crippen molar-refractivity contribution in [1.29, 1.82) is 0 Å². The van der Waals surface area contributed by atoms with Crippen molar-refractivity contribution in [3.05, 3.63) is 89.1 Å². The number of aryl methyl sites for hydroxylation is 3. The van der Waals surface area contributed by atoms with Crippen LogP contribution in [0.5, 0.6) is 23.1 Å². The summed E-state index contributed by atoms with van der Waals surface area (Å²) in [5.41, 5.74) is 4.73. The van der Waals surface area contributed by atoms with Crippen molar-refractivity contribution in [1.82, 2.24) is 19.8 Å². The number of piperazine rings is 1. The van der Waals surface area contributed by atoms with Crippen LogP contribution >= 0.6 is 0 Å². The van der Waals surface area contributed by atoms with Gasteiger partial charge in [-0.05, 0) is 74.7 Å². The number of nitrogens with one attached hydrogen (secondary N) is 2. The lowest BCUT2D eigenvalue weighted by Gasteiger charge is -2.32. The highest BCUT2D eigenvalue weighted by molar-refractivity contribution is 6.06. The first-order valence-electron chi connectivity index (χ1n) is 16.3. The second kappa shape index (κ2) is 16.2. The fourth-order valence-electron chi connectivity index (χ4n) is 5.54. The number of rotatable bonds is 14. The van der Waals surface area contributed by atoms with Crippen LogP contribution in [0.2, 0.25) is 0 Å². The van der Waals surface area contributed by atoms with Crippen molar-refractivity contribution in [3.63, 3.8) is 0 Å². The summed E-state index contributed by atoms with van der Waals surface area (Å²) >= 11 is 0. The molecule has 0 spiro atoms. The quantitative estimate of drug-likeness (QED) is 0.144. The van der Waals surface area contributed by atoms with E-state index in [4.69, 9.17) is 14.2 Å². The summed E-state index contributed by atoms with van der Waals surface area (Å²) < 4.78 is 18.0. The predicted molar refractivity (Wildman–Crippen MR) is 187 cm³/mol. The van der Waals surface area contributed by atoms with Gasteiger partial charge in [-0.1, -0.05) is 43.7 Å². The molecule has 2 N–H and O–H groups in total. The normalized spacial score (nSPS) is 13.6. The Balaban J connectivity index is 1.33. The first-order valence-corrected chi connectivity index (χ1v) is 16.3. The van der Waals surface area contributed by atoms with Gasteiger partial charge in [0.05, 0.1) is 13.7 Å². The van der Waals surface area contributed by atoms with E-state index in [1.54, 1.807) is 7.11 Å². The lowest BCUT2D eigenvalue weighted by Crippen LogP contribution is -2.44. The molecule has 1 saturated heterocycles. The maximum atomic E-state index is 13.6. The van der Waals surface area contributed by atoms with Crippen molar-refractivity contribution in [2.24, 2.45) is 0 Å². The first kappa shape index (κ1) is 33.7. The van der Waals surface area contributed by atoms with Crippen LogP contribution in [0.3, 0.4) is 0 Å². The van der Waals surface area contributed by atoms with Crippen LogP contribution in [-0.2, 0) is 6.42 Å². The van der Waals surface area contributed by atoms with Crippen LogP contribution in [0.15, 0.2) is 66.9 Å². The zero-order valence-electron chi connectivity index (χ0n) is 28.1. The van der Waals surface area contributed by atoms with E-state index in [0.29, 0.717) is 18.1 Å². The van der Waals surface area contributed by atoms with E-state index < -0.39 is 0 Å². The number of methoxy groups -OCH3 is 1. The van der Waals surface area contributed by atoms with Crippen molar-refractivity contribution in [2.45, 2.75) is 40.0 Å². The Labute approximate surface area is 278 Å². The number of likely N-dealkylation sites (N-methyl/N-ethyl adjacent to an activating group) is 1. The van der Waals surface area contributed by atoms with Gasteiger partial charge in [-0.3, -0.25) is 4.79 Å². The van der Waals surface area contributed by atoms with Crippen LogP contribution in [0.25, 0.3) is 0 Å². The van der Waals surface area contributed by atoms with E-state index >= 15 is 0 Å². The first-order chi connectivity index (χ1) is 22.8. The maximum Gasteiger partial charge on any atom is 0.262 e. The lowest BCUT2D eigenvalue weighted by molar-refractivity contribution is 0.102. The van der Waals surface area contributed by atoms with Gasteiger partial charge in [0.1, 0.15) is 11.3 Å². The highest BCUT2D eigenvalue weighted by Crippen LogP contribution is 2.34. The topological polar surface area (TPSA) is 101 Å². The van der Waals surface area contributed by atoms with Crippen molar-refractivity contribution < 1.29 is 19.0 Å². The summed E-state index contributed by atoms with van der Waals surface area (Å²) in [6.07, 6.45) is 4.36. The number of hydrogen-bond donors (Lipinski definition) is 2. The summed E-state index contributed by atoms with van der Waals surface area (Å²) in [6.45, 7) is 12.1. The zero-order valence-corrected chi connectivity index (χ0v) is 28.1. The van der Waals surface area contributed by atoms with Gasteiger partial charge in [-0.15, -0.1) is 0 Å². The molecule has 1 amide bonds. The molecule has 1 fully saturated rings. The molecule has 0 bridgehead atoms. The smallest absolute Gasteiger partial charge is 0.262 e. The third kappa shape index (κ3) is 9.21. The number of carbonyl (C=O) groups is 1. The molecule has 47 heavy (non-hydrogen) atoms. The molecule has 10 heteroatoms. The Kier molecular flexibility index (Phi) is 11.6. The number of benzene rings is 3. The number of para-hydroxylation sites is 1. The highest BCUT2D eigenvalue weighted by atomic mass is 16.5. The number of anilines is 3. The maximum absolute atomic E-state index is 13.6. The van der Waals surface area contributed by atoms with Gasteiger partial charge >= 0.3 is 0 Å². The summed E-state index contributed by atoms with van der Waals surface area (Å²) in [7, 11) is 3.77. The Morgan fingerprint density at radius 2 is 1.72 bits per heavy atom. The molecular formula is C37H46N6O4. The van der Waals surface area contributed by atoms with E-state index in [1.165, 1.54) is 6.20 Å². The standard InChI is InChI=1S/C37H46N6O4/c1-6-10-28-15-16-32(33(23-28)45-5)47-36-31(35(44)40-34-26(2)11-7-12-27(34)3)25-38-37(41-36)39-29-13-8-14-30(24-29)46-22-9-17-43-20-18-42(4)19-21-43/h7-8,11-16,23-25H,6,9-10,17-22H2,1-5H3,(H,40,44)(H,38,39,41). The van der Waals surface area contributed by atoms with Crippen LogP contribution in [0, 0.1) is 13.8 Å². The molecule has 10 nitrogen and oxygen atoms in total. The second-order valence-electron chi connectivity index (χ2n) is 12.0. The van der Waals surface area contributed by atoms with Crippen molar-refractivity contribution >= 4 is 23.2 Å². The molecule has 4 aromatic rings. The zero-order chi connectivity index (χ0) is 33.2. The number of carbonyl (C=O) groups excluding carboxylic acids is 1. The Hall–Kier alpha value is -4.67. The molecule has 1 aliphatic heterocycles.